The molecule has 0 aliphatic rings. The number of aromatic nitrogens is 3. The van der Waals surface area contributed by atoms with Gasteiger partial charge in [0.15, 0.2) is 5.84 Å². The van der Waals surface area contributed by atoms with Gasteiger partial charge in [-0.15, -0.1) is 0 Å². The van der Waals surface area contributed by atoms with Crippen LogP contribution in [0.2, 0.25) is 0 Å². The van der Waals surface area contributed by atoms with Crippen LogP contribution in [0.4, 0.5) is 22.0 Å². The Bertz CT molecular complexity index is 1090. The molecule has 0 aliphatic carbocycles. The van der Waals surface area contributed by atoms with E-state index in [1.807, 2.05) is 0 Å². The van der Waals surface area contributed by atoms with Gasteiger partial charge in [-0.25, -0.2) is 18.7 Å². The lowest BCUT2D eigenvalue weighted by Crippen LogP contribution is -2.30. The highest BCUT2D eigenvalue weighted by Crippen LogP contribution is 2.32. The van der Waals surface area contributed by atoms with E-state index in [9.17, 15) is 22.0 Å². The van der Waals surface area contributed by atoms with E-state index in [4.69, 9.17) is 15.6 Å². The number of alkyl halides is 5. The van der Waals surface area contributed by atoms with E-state index in [0.29, 0.717) is 10.1 Å². The molecule has 0 atom stereocenters. The summed E-state index contributed by atoms with van der Waals surface area (Å²) in [6, 6.07) is 6.50. The molecule has 0 saturated heterocycles. The minimum Gasteiger partial charge on any atom is -0.437 e. The van der Waals surface area contributed by atoms with E-state index in [-0.39, 0.29) is 22.8 Å². The lowest BCUT2D eigenvalue weighted by molar-refractivity contribution is -0.137. The first-order chi connectivity index (χ1) is 13.7. The summed E-state index contributed by atoms with van der Waals surface area (Å²) in [5.74, 6) is -1.02. The van der Waals surface area contributed by atoms with E-state index in [1.54, 1.807) is 0 Å². The second-order valence-corrected chi connectivity index (χ2v) is 5.69. The first-order valence-electron chi connectivity index (χ1n) is 7.97. The Labute approximate surface area is 160 Å². The van der Waals surface area contributed by atoms with Crippen molar-refractivity contribution in [1.82, 2.24) is 14.5 Å². The van der Waals surface area contributed by atoms with Gasteiger partial charge in [-0.1, -0.05) is 0 Å². The van der Waals surface area contributed by atoms with Gasteiger partial charge in [-0.2, -0.15) is 13.2 Å². The van der Waals surface area contributed by atoms with Crippen molar-refractivity contribution in [3.8, 4) is 22.9 Å². The van der Waals surface area contributed by atoms with E-state index in [2.05, 4.69) is 9.97 Å². The van der Waals surface area contributed by atoms with Crippen LogP contribution in [0.5, 0.6) is 11.6 Å². The van der Waals surface area contributed by atoms with Crippen molar-refractivity contribution in [1.29, 1.82) is 10.8 Å². The van der Waals surface area contributed by atoms with Crippen LogP contribution in [0.15, 0.2) is 55.0 Å². The molecule has 0 amide bonds. The highest BCUT2D eigenvalue weighted by molar-refractivity contribution is 5.84. The quantitative estimate of drug-likeness (QED) is 0.382. The van der Waals surface area contributed by atoms with Gasteiger partial charge in [0.05, 0.1) is 5.56 Å². The van der Waals surface area contributed by atoms with Crippen molar-refractivity contribution in [3.05, 3.63) is 66.0 Å². The fourth-order valence-corrected chi connectivity index (χ4v) is 2.38. The van der Waals surface area contributed by atoms with E-state index < -0.39 is 24.0 Å². The molecule has 3 rings (SSSR count). The fourth-order valence-electron chi connectivity index (χ4n) is 2.38. The van der Waals surface area contributed by atoms with Gasteiger partial charge in [0, 0.05) is 24.2 Å². The molecular formula is C18H12F5N5O. The monoisotopic (exact) mass is 409 g/mol. The number of pyridine rings is 1. The zero-order valence-electron chi connectivity index (χ0n) is 14.4. The SMILES string of the molecule is N=C(C(F)F)n1ccc(-c2nccnc2Oc2ccc(C(F)(F)F)cc2)cc1=N. The molecule has 0 unspecified atom stereocenters. The number of rotatable bonds is 4. The Morgan fingerprint density at radius 1 is 1.03 bits per heavy atom. The first-order valence-corrected chi connectivity index (χ1v) is 7.97. The second kappa shape index (κ2) is 7.78. The van der Waals surface area contributed by atoms with E-state index >= 15 is 0 Å². The maximum atomic E-state index is 12.7. The minimum absolute atomic E-state index is 0.0478. The van der Waals surface area contributed by atoms with Gasteiger partial charge < -0.3 is 4.74 Å². The highest BCUT2D eigenvalue weighted by Gasteiger charge is 2.30. The van der Waals surface area contributed by atoms with Crippen molar-refractivity contribution in [3.63, 3.8) is 0 Å². The molecule has 1 aromatic carbocycles. The van der Waals surface area contributed by atoms with Gasteiger partial charge >= 0.3 is 6.18 Å². The Morgan fingerprint density at radius 3 is 2.28 bits per heavy atom. The van der Waals surface area contributed by atoms with Crippen LogP contribution in [0.1, 0.15) is 5.56 Å². The van der Waals surface area contributed by atoms with Gasteiger partial charge in [0.2, 0.25) is 5.88 Å². The molecule has 0 spiro atoms. The molecule has 11 heteroatoms. The predicted octanol–water partition coefficient (Wildman–Crippen LogP) is 4.33. The number of nitrogens with zero attached hydrogens (tertiary/aromatic N) is 3. The van der Waals surface area contributed by atoms with Gasteiger partial charge in [0.25, 0.3) is 6.43 Å². The lowest BCUT2D eigenvalue weighted by atomic mass is 10.2. The van der Waals surface area contributed by atoms with Crippen molar-refractivity contribution in [2.75, 3.05) is 0 Å². The Balaban J connectivity index is 1.93. The van der Waals surface area contributed by atoms with Crippen molar-refractivity contribution < 1.29 is 26.7 Å². The molecule has 29 heavy (non-hydrogen) atoms. The van der Waals surface area contributed by atoms with Gasteiger partial charge in [-0.3, -0.25) is 15.4 Å². The third kappa shape index (κ3) is 4.45. The lowest BCUT2D eigenvalue weighted by Gasteiger charge is -2.12. The van der Waals surface area contributed by atoms with Crippen LogP contribution in [-0.2, 0) is 6.18 Å². The fraction of sp³-hybridized carbons (Fsp3) is 0.111. The number of nitrogens with one attached hydrogen (secondary N) is 2. The minimum atomic E-state index is -4.48. The molecule has 2 N–H and O–H groups in total. The van der Waals surface area contributed by atoms with Gasteiger partial charge in [-0.05, 0) is 36.4 Å². The maximum absolute atomic E-state index is 12.7. The second-order valence-electron chi connectivity index (χ2n) is 5.69. The van der Waals surface area contributed by atoms with Crippen LogP contribution in [0, 0.1) is 10.8 Å². The van der Waals surface area contributed by atoms with Crippen LogP contribution in [0.25, 0.3) is 11.3 Å². The largest absolute Gasteiger partial charge is 0.437 e. The number of halogens is 5. The molecule has 0 radical (unpaired) electrons. The summed E-state index contributed by atoms with van der Waals surface area (Å²) >= 11 is 0. The standard InChI is InChI=1S/C18H12F5N5O/c19-15(20)16(25)28-8-5-10(9-13(28)24)14-17(27-7-6-26-14)29-12-3-1-11(2-4-12)18(21,22)23/h1-9,15,24-25H. The molecule has 150 valence electrons. The summed E-state index contributed by atoms with van der Waals surface area (Å²) in [5.41, 5.74) is -0.781. The van der Waals surface area contributed by atoms with Crippen LogP contribution in [0.3, 0.4) is 0 Å². The zero-order chi connectivity index (χ0) is 21.2. The number of benzene rings is 1. The van der Waals surface area contributed by atoms with E-state index in [1.165, 1.54) is 24.5 Å². The molecule has 2 aromatic heterocycles. The van der Waals surface area contributed by atoms with Crippen LogP contribution < -0.4 is 10.2 Å². The number of ether oxygens (including phenoxy) is 1. The Hall–Kier alpha value is -3.63. The molecule has 2 heterocycles. The first kappa shape index (κ1) is 20.1. The van der Waals surface area contributed by atoms with Gasteiger partial charge in [0.1, 0.15) is 16.9 Å². The smallest absolute Gasteiger partial charge is 0.416 e. The normalized spacial score (nSPS) is 11.5. The predicted molar refractivity (Wildman–Crippen MR) is 92.0 cm³/mol. The van der Waals surface area contributed by atoms with Crippen molar-refractivity contribution in [2.45, 2.75) is 12.6 Å². The molecule has 0 saturated carbocycles. The van der Waals surface area contributed by atoms with Crippen molar-refractivity contribution >= 4 is 5.84 Å². The van der Waals surface area contributed by atoms with Crippen LogP contribution in [-0.4, -0.2) is 26.8 Å². The number of hydrogen-bond donors (Lipinski definition) is 2. The molecule has 0 aliphatic heterocycles. The van der Waals surface area contributed by atoms with E-state index in [0.717, 1.165) is 30.5 Å². The topological polar surface area (TPSA) is 87.6 Å². The Morgan fingerprint density at radius 2 is 1.69 bits per heavy atom. The summed E-state index contributed by atoms with van der Waals surface area (Å²) in [6.45, 7) is 0. The zero-order valence-corrected chi connectivity index (χ0v) is 14.4. The molecule has 3 aromatic rings. The number of hydrogen-bond acceptors (Lipinski definition) is 5. The van der Waals surface area contributed by atoms with Crippen molar-refractivity contribution in [2.24, 2.45) is 0 Å². The molecule has 6 nitrogen and oxygen atoms in total. The average Bonchev–Trinajstić information content (AvgIpc) is 2.67. The molecule has 0 bridgehead atoms. The summed E-state index contributed by atoms with van der Waals surface area (Å²) in [4.78, 5) is 8.09. The summed E-state index contributed by atoms with van der Waals surface area (Å²) in [7, 11) is 0. The third-order valence-corrected chi connectivity index (χ3v) is 3.76. The third-order valence-electron chi connectivity index (χ3n) is 3.76. The average molecular weight is 409 g/mol. The van der Waals surface area contributed by atoms with Crippen LogP contribution >= 0.6 is 0 Å². The molecular weight excluding hydrogens is 397 g/mol. The summed E-state index contributed by atoms with van der Waals surface area (Å²) in [5, 5.41) is 15.2. The Kier molecular flexibility index (Phi) is 5.39. The highest BCUT2D eigenvalue weighted by atomic mass is 19.4. The molecule has 0 fully saturated rings. The summed E-state index contributed by atoms with van der Waals surface area (Å²) in [6.07, 6.45) is -3.78. The maximum Gasteiger partial charge on any atom is 0.416 e. The summed E-state index contributed by atoms with van der Waals surface area (Å²) < 4.78 is 69.6.